The van der Waals surface area contributed by atoms with Crippen LogP contribution in [0.2, 0.25) is 0 Å². The largest absolute Gasteiger partial charge is 0.326 e. The maximum atomic E-state index is 14.2. The maximum absolute atomic E-state index is 14.2. The molecule has 0 saturated heterocycles. The van der Waals surface area contributed by atoms with Crippen molar-refractivity contribution < 1.29 is 4.39 Å². The molecule has 0 aromatic heterocycles. The Hall–Kier alpha value is -1.44. The highest BCUT2D eigenvalue weighted by molar-refractivity contribution is 5.23. The minimum absolute atomic E-state index is 0.153. The second-order valence-electron chi connectivity index (χ2n) is 5.84. The zero-order valence-corrected chi connectivity index (χ0v) is 13.2. The van der Waals surface area contributed by atoms with E-state index in [1.165, 1.54) is 6.07 Å². The predicted octanol–water partition coefficient (Wildman–Crippen LogP) is 3.48. The van der Waals surface area contributed by atoms with Gasteiger partial charge in [-0.2, -0.15) is 5.26 Å². The summed E-state index contributed by atoms with van der Waals surface area (Å²) in [7, 11) is 0. The lowest BCUT2D eigenvalue weighted by Gasteiger charge is -2.36. The molecular formula is C17H26FN3. The first-order chi connectivity index (χ1) is 10.0. The van der Waals surface area contributed by atoms with Crippen LogP contribution in [0, 0.1) is 23.1 Å². The third-order valence-corrected chi connectivity index (χ3v) is 3.60. The highest BCUT2D eigenvalue weighted by Gasteiger charge is 2.28. The molecule has 1 rings (SSSR count). The van der Waals surface area contributed by atoms with E-state index < -0.39 is 0 Å². The van der Waals surface area contributed by atoms with Gasteiger partial charge in [0.05, 0.1) is 12.1 Å². The monoisotopic (exact) mass is 291 g/mol. The van der Waals surface area contributed by atoms with E-state index in [0.717, 1.165) is 13.0 Å². The summed E-state index contributed by atoms with van der Waals surface area (Å²) in [6.45, 7) is 7.66. The van der Waals surface area contributed by atoms with Crippen molar-refractivity contribution in [2.24, 2.45) is 11.7 Å². The topological polar surface area (TPSA) is 53.0 Å². The number of halogens is 1. The summed E-state index contributed by atoms with van der Waals surface area (Å²) in [5.74, 6) is 0.208. The van der Waals surface area contributed by atoms with Crippen LogP contribution in [0.5, 0.6) is 0 Å². The molecule has 3 nitrogen and oxygen atoms in total. The summed E-state index contributed by atoms with van der Waals surface area (Å²) in [6, 6.07) is 8.64. The average Bonchev–Trinajstić information content (AvgIpc) is 2.45. The fraction of sp³-hybridized carbons (Fsp3) is 0.588. The highest BCUT2D eigenvalue weighted by atomic mass is 19.1. The molecule has 1 aromatic rings. The Kier molecular flexibility index (Phi) is 7.35. The summed E-state index contributed by atoms with van der Waals surface area (Å²) >= 11 is 0. The van der Waals surface area contributed by atoms with Crippen molar-refractivity contribution in [3.8, 4) is 6.07 Å². The van der Waals surface area contributed by atoms with Gasteiger partial charge in [-0.1, -0.05) is 39.0 Å². The average molecular weight is 291 g/mol. The lowest BCUT2D eigenvalue weighted by Crippen LogP contribution is -2.43. The van der Waals surface area contributed by atoms with E-state index in [2.05, 4.69) is 24.8 Å². The summed E-state index contributed by atoms with van der Waals surface area (Å²) in [5, 5.41) is 8.87. The van der Waals surface area contributed by atoms with E-state index in [1.54, 1.807) is 12.1 Å². The van der Waals surface area contributed by atoms with Crippen molar-refractivity contribution >= 4 is 0 Å². The summed E-state index contributed by atoms with van der Waals surface area (Å²) < 4.78 is 14.2. The van der Waals surface area contributed by atoms with Gasteiger partial charge in [-0.15, -0.1) is 0 Å². The van der Waals surface area contributed by atoms with Gasteiger partial charge < -0.3 is 5.73 Å². The highest BCUT2D eigenvalue weighted by Crippen LogP contribution is 2.28. The molecular weight excluding hydrogens is 265 g/mol. The first-order valence-electron chi connectivity index (χ1n) is 7.62. The van der Waals surface area contributed by atoms with E-state index in [0.29, 0.717) is 24.4 Å². The van der Waals surface area contributed by atoms with Crippen LogP contribution in [-0.2, 0) is 0 Å². The van der Waals surface area contributed by atoms with Crippen LogP contribution in [-0.4, -0.2) is 24.0 Å². The number of nitriles is 1. The first-order valence-corrected chi connectivity index (χ1v) is 7.62. The van der Waals surface area contributed by atoms with Crippen LogP contribution >= 0.6 is 0 Å². The van der Waals surface area contributed by atoms with Crippen molar-refractivity contribution in [1.82, 2.24) is 4.90 Å². The molecule has 0 saturated carbocycles. The lowest BCUT2D eigenvalue weighted by molar-refractivity contribution is 0.151. The van der Waals surface area contributed by atoms with Gasteiger partial charge in [-0.3, -0.25) is 4.90 Å². The number of nitrogens with two attached hydrogens (primary N) is 1. The fourth-order valence-corrected chi connectivity index (χ4v) is 2.64. The molecule has 1 aromatic carbocycles. The van der Waals surface area contributed by atoms with Crippen LogP contribution in [0.1, 0.15) is 45.2 Å². The van der Waals surface area contributed by atoms with Crippen molar-refractivity contribution in [3.63, 3.8) is 0 Å². The minimum Gasteiger partial charge on any atom is -0.326 e. The Morgan fingerprint density at radius 2 is 2.00 bits per heavy atom. The normalized spacial score (nSPS) is 14.2. The number of hydrogen-bond acceptors (Lipinski definition) is 3. The molecule has 0 spiro atoms. The smallest absolute Gasteiger partial charge is 0.128 e. The maximum Gasteiger partial charge on any atom is 0.128 e. The van der Waals surface area contributed by atoms with E-state index in [-0.39, 0.29) is 17.9 Å². The van der Waals surface area contributed by atoms with E-state index in [9.17, 15) is 4.39 Å². The second-order valence-corrected chi connectivity index (χ2v) is 5.84. The van der Waals surface area contributed by atoms with Crippen LogP contribution in [0.25, 0.3) is 0 Å². The molecule has 2 N–H and O–H groups in total. The Morgan fingerprint density at radius 3 is 2.52 bits per heavy atom. The quantitative estimate of drug-likeness (QED) is 0.798. The van der Waals surface area contributed by atoms with Crippen LogP contribution in [0.4, 0.5) is 4.39 Å². The fourth-order valence-electron chi connectivity index (χ4n) is 2.64. The van der Waals surface area contributed by atoms with Gasteiger partial charge in [-0.05, 0) is 18.4 Å². The lowest BCUT2D eigenvalue weighted by atomic mass is 9.94. The first kappa shape index (κ1) is 17.6. The summed E-state index contributed by atoms with van der Waals surface area (Å²) in [6.07, 6.45) is 1.19. The van der Waals surface area contributed by atoms with Gasteiger partial charge in [0.2, 0.25) is 0 Å². The Labute approximate surface area is 127 Å². The third kappa shape index (κ3) is 5.11. The van der Waals surface area contributed by atoms with Gasteiger partial charge >= 0.3 is 0 Å². The molecule has 2 unspecified atom stereocenters. The van der Waals surface area contributed by atoms with Crippen molar-refractivity contribution in [2.75, 3.05) is 13.1 Å². The van der Waals surface area contributed by atoms with Crippen molar-refractivity contribution in [1.29, 1.82) is 5.26 Å². The number of hydrogen-bond donors (Lipinski definition) is 1. The number of benzene rings is 1. The zero-order chi connectivity index (χ0) is 15.8. The van der Waals surface area contributed by atoms with E-state index in [4.69, 9.17) is 11.0 Å². The number of nitrogens with zero attached hydrogens (tertiary/aromatic N) is 2. The Morgan fingerprint density at radius 1 is 1.33 bits per heavy atom. The van der Waals surface area contributed by atoms with E-state index >= 15 is 0 Å². The van der Waals surface area contributed by atoms with Crippen LogP contribution in [0.15, 0.2) is 24.3 Å². The molecule has 0 amide bonds. The van der Waals surface area contributed by atoms with Gasteiger partial charge in [-0.25, -0.2) is 4.39 Å². The second kappa shape index (κ2) is 8.76. The molecule has 0 aliphatic carbocycles. The molecule has 0 aliphatic heterocycles. The molecule has 0 aliphatic rings. The zero-order valence-electron chi connectivity index (χ0n) is 13.2. The van der Waals surface area contributed by atoms with Gasteiger partial charge in [0.1, 0.15) is 5.82 Å². The van der Waals surface area contributed by atoms with E-state index in [1.807, 2.05) is 13.0 Å². The Balaban J connectivity index is 3.13. The molecule has 116 valence electrons. The Bertz CT molecular complexity index is 467. The summed E-state index contributed by atoms with van der Waals surface area (Å²) in [4.78, 5) is 2.15. The molecule has 4 heteroatoms. The van der Waals surface area contributed by atoms with Crippen molar-refractivity contribution in [2.45, 2.75) is 45.7 Å². The minimum atomic E-state index is -0.225. The van der Waals surface area contributed by atoms with Crippen molar-refractivity contribution in [3.05, 3.63) is 35.6 Å². The van der Waals surface area contributed by atoms with Gasteiger partial charge in [0.15, 0.2) is 0 Å². The molecule has 0 bridgehead atoms. The molecule has 2 atom stereocenters. The summed E-state index contributed by atoms with van der Waals surface area (Å²) in [5.41, 5.74) is 6.91. The van der Waals surface area contributed by atoms with Crippen LogP contribution in [0.3, 0.4) is 0 Å². The molecule has 0 radical (unpaired) electrons. The molecule has 0 heterocycles. The number of rotatable bonds is 8. The molecule has 21 heavy (non-hydrogen) atoms. The van der Waals surface area contributed by atoms with Gasteiger partial charge in [0, 0.05) is 31.1 Å². The SMILES string of the molecule is CCC(N)C(c1ccccc1F)N(CCC#N)CC(C)C. The third-order valence-electron chi connectivity index (χ3n) is 3.60. The predicted molar refractivity (Wildman–Crippen MR) is 84.0 cm³/mol. The standard InChI is InChI=1S/C17H26FN3/c1-4-16(20)17(14-8-5-6-9-15(14)18)21(11-7-10-19)12-13(2)3/h5-6,8-9,13,16-17H,4,7,11-12,20H2,1-3H3. The van der Waals surface area contributed by atoms with Gasteiger partial charge in [0.25, 0.3) is 0 Å². The molecule has 0 fully saturated rings. The van der Waals surface area contributed by atoms with Crippen LogP contribution < -0.4 is 5.73 Å².